The Morgan fingerprint density at radius 3 is 2.33 bits per heavy atom. The maximum atomic E-state index is 13.0. The lowest BCUT2D eigenvalue weighted by atomic mass is 9.90. The van der Waals surface area contributed by atoms with Crippen molar-refractivity contribution in [2.75, 3.05) is 13.2 Å². The third-order valence-corrected chi connectivity index (χ3v) is 3.91. The van der Waals surface area contributed by atoms with Crippen molar-refractivity contribution < 1.29 is 32.5 Å². The first-order valence-electron chi connectivity index (χ1n) is 6.56. The third-order valence-electron chi connectivity index (χ3n) is 3.91. The van der Waals surface area contributed by atoms with Crippen molar-refractivity contribution in [1.82, 2.24) is 0 Å². The number of ether oxygens (including phenoxy) is 2. The normalized spacial score (nSPS) is 19.2. The van der Waals surface area contributed by atoms with Gasteiger partial charge < -0.3 is 14.6 Å². The molecule has 0 aromatic heterocycles. The molecular weight excluding hydrogens is 289 g/mol. The predicted molar refractivity (Wildman–Crippen MR) is 65.6 cm³/mol. The number of hydrogen-bond acceptors (Lipinski definition) is 3. The number of carboxylic acid groups (broad SMARTS) is 1. The summed E-state index contributed by atoms with van der Waals surface area (Å²) in [5.74, 6) is -1.24. The summed E-state index contributed by atoms with van der Waals surface area (Å²) in [6.07, 6.45) is -3.40. The minimum Gasteiger partial charge on any atom is -0.486 e. The van der Waals surface area contributed by atoms with Crippen molar-refractivity contribution in [3.05, 3.63) is 23.3 Å². The Bertz CT molecular complexity index is 591. The molecular formula is C14H13F3O4. The molecule has 0 amide bonds. The van der Waals surface area contributed by atoms with Crippen molar-refractivity contribution in [3.8, 4) is 11.5 Å². The van der Waals surface area contributed by atoms with Crippen LogP contribution in [0.25, 0.3) is 0 Å². The van der Waals surface area contributed by atoms with Crippen molar-refractivity contribution in [3.63, 3.8) is 0 Å². The summed E-state index contributed by atoms with van der Waals surface area (Å²) in [5.41, 5.74) is -1.000. The molecule has 1 fully saturated rings. The number of aliphatic carboxylic acids is 1. The zero-order chi connectivity index (χ0) is 15.3. The highest BCUT2D eigenvalue weighted by Crippen LogP contribution is 2.57. The summed E-state index contributed by atoms with van der Waals surface area (Å²) in [4.78, 5) is 11.0. The van der Waals surface area contributed by atoms with Crippen LogP contribution in [-0.4, -0.2) is 24.3 Å². The van der Waals surface area contributed by atoms with Crippen LogP contribution in [-0.2, 0) is 16.4 Å². The summed E-state index contributed by atoms with van der Waals surface area (Å²) in [6, 6.07) is 2.27. The standard InChI is InChI=1S/C14H13F3O4/c15-14(16,17)9-2-1-8(11-12(9)21-6-5-20-11)13(3-4-13)7-10(18)19/h1-2H,3-7H2,(H,18,19). The second-order valence-corrected chi connectivity index (χ2v) is 5.36. The predicted octanol–water partition coefficient (Wildman–Crippen LogP) is 2.98. The molecule has 1 saturated carbocycles. The number of halogens is 3. The summed E-state index contributed by atoms with van der Waals surface area (Å²) in [5, 5.41) is 8.99. The molecule has 1 aromatic carbocycles. The minimum absolute atomic E-state index is 0.0471. The van der Waals surface area contributed by atoms with Gasteiger partial charge in [0.2, 0.25) is 0 Å². The molecule has 4 nitrogen and oxygen atoms in total. The van der Waals surface area contributed by atoms with Crippen LogP contribution in [0.5, 0.6) is 11.5 Å². The largest absolute Gasteiger partial charge is 0.486 e. The van der Waals surface area contributed by atoms with Gasteiger partial charge in [-0.25, -0.2) is 0 Å². The van der Waals surface area contributed by atoms with Gasteiger partial charge in [0.1, 0.15) is 18.8 Å². The van der Waals surface area contributed by atoms with Crippen molar-refractivity contribution in [2.24, 2.45) is 0 Å². The molecule has 114 valence electrons. The lowest BCUT2D eigenvalue weighted by Gasteiger charge is -2.27. The lowest BCUT2D eigenvalue weighted by Crippen LogP contribution is -2.23. The van der Waals surface area contributed by atoms with E-state index in [1.807, 2.05) is 0 Å². The molecule has 1 N–H and O–H groups in total. The van der Waals surface area contributed by atoms with E-state index < -0.39 is 23.1 Å². The van der Waals surface area contributed by atoms with Gasteiger partial charge in [-0.3, -0.25) is 4.79 Å². The first kappa shape index (κ1) is 14.0. The van der Waals surface area contributed by atoms with Gasteiger partial charge in [0.15, 0.2) is 11.5 Å². The first-order valence-corrected chi connectivity index (χ1v) is 6.56. The molecule has 7 heteroatoms. The fourth-order valence-electron chi connectivity index (χ4n) is 2.76. The van der Waals surface area contributed by atoms with E-state index in [0.29, 0.717) is 18.4 Å². The van der Waals surface area contributed by atoms with Crippen LogP contribution in [0.4, 0.5) is 13.2 Å². The molecule has 0 radical (unpaired) electrons. The zero-order valence-electron chi connectivity index (χ0n) is 11.0. The van der Waals surface area contributed by atoms with E-state index in [4.69, 9.17) is 14.6 Å². The maximum Gasteiger partial charge on any atom is 0.420 e. The van der Waals surface area contributed by atoms with Crippen LogP contribution in [0.15, 0.2) is 12.1 Å². The highest BCUT2D eigenvalue weighted by Gasteiger charge is 2.50. The molecule has 1 aliphatic heterocycles. The molecule has 0 unspecified atom stereocenters. The van der Waals surface area contributed by atoms with Gasteiger partial charge >= 0.3 is 12.1 Å². The molecule has 1 heterocycles. The first-order chi connectivity index (χ1) is 9.83. The Labute approximate surface area is 118 Å². The molecule has 3 rings (SSSR count). The Kier molecular flexibility index (Phi) is 3.04. The summed E-state index contributed by atoms with van der Waals surface area (Å²) < 4.78 is 49.5. The number of carboxylic acids is 1. The van der Waals surface area contributed by atoms with Crippen LogP contribution in [0.3, 0.4) is 0 Å². The van der Waals surface area contributed by atoms with E-state index in [-0.39, 0.29) is 31.1 Å². The highest BCUT2D eigenvalue weighted by molar-refractivity contribution is 5.71. The average molecular weight is 302 g/mol. The monoisotopic (exact) mass is 302 g/mol. The lowest BCUT2D eigenvalue weighted by molar-refractivity contribution is -0.140. The van der Waals surface area contributed by atoms with E-state index in [1.54, 1.807) is 0 Å². The second kappa shape index (κ2) is 4.54. The fourth-order valence-corrected chi connectivity index (χ4v) is 2.76. The quantitative estimate of drug-likeness (QED) is 0.932. The van der Waals surface area contributed by atoms with E-state index in [9.17, 15) is 18.0 Å². The van der Waals surface area contributed by atoms with Crippen LogP contribution < -0.4 is 9.47 Å². The van der Waals surface area contributed by atoms with Gasteiger partial charge in [-0.2, -0.15) is 13.2 Å². The molecule has 21 heavy (non-hydrogen) atoms. The Morgan fingerprint density at radius 2 is 1.81 bits per heavy atom. The van der Waals surface area contributed by atoms with Gasteiger partial charge in [-0.15, -0.1) is 0 Å². The number of fused-ring (bicyclic) bond motifs is 1. The molecule has 1 aliphatic carbocycles. The number of benzene rings is 1. The average Bonchev–Trinajstić information content (AvgIpc) is 3.16. The summed E-state index contributed by atoms with van der Waals surface area (Å²) >= 11 is 0. The smallest absolute Gasteiger partial charge is 0.420 e. The van der Waals surface area contributed by atoms with Crippen molar-refractivity contribution in [1.29, 1.82) is 0 Å². The van der Waals surface area contributed by atoms with Gasteiger partial charge in [-0.05, 0) is 18.9 Å². The molecule has 0 bridgehead atoms. The number of hydrogen-bond donors (Lipinski definition) is 1. The number of rotatable bonds is 3. The van der Waals surface area contributed by atoms with Gasteiger partial charge in [0.25, 0.3) is 0 Å². The van der Waals surface area contributed by atoms with E-state index in [2.05, 4.69) is 0 Å². The molecule has 1 aromatic rings. The summed E-state index contributed by atoms with van der Waals surface area (Å²) in [7, 11) is 0. The molecule has 2 aliphatic rings. The second-order valence-electron chi connectivity index (χ2n) is 5.36. The number of alkyl halides is 3. The molecule has 0 spiro atoms. The van der Waals surface area contributed by atoms with E-state index >= 15 is 0 Å². The van der Waals surface area contributed by atoms with Gasteiger partial charge in [0.05, 0.1) is 6.42 Å². The van der Waals surface area contributed by atoms with Crippen LogP contribution in [0.2, 0.25) is 0 Å². The fraction of sp³-hybridized carbons (Fsp3) is 0.500. The number of carbonyl (C=O) groups is 1. The Balaban J connectivity index is 2.10. The highest BCUT2D eigenvalue weighted by atomic mass is 19.4. The third kappa shape index (κ3) is 2.41. The van der Waals surface area contributed by atoms with Crippen molar-refractivity contribution in [2.45, 2.75) is 30.9 Å². The van der Waals surface area contributed by atoms with Gasteiger partial charge in [0, 0.05) is 11.0 Å². The van der Waals surface area contributed by atoms with Crippen molar-refractivity contribution >= 4 is 5.97 Å². The van der Waals surface area contributed by atoms with Gasteiger partial charge in [-0.1, -0.05) is 6.07 Å². The summed E-state index contributed by atoms with van der Waals surface area (Å²) in [6.45, 7) is 0.204. The topological polar surface area (TPSA) is 55.8 Å². The molecule has 0 saturated heterocycles. The molecule has 0 atom stereocenters. The Hall–Kier alpha value is -1.92. The maximum absolute atomic E-state index is 13.0. The SMILES string of the molecule is O=C(O)CC1(c2ccc(C(F)(F)F)c3c2OCCO3)CC1. The van der Waals surface area contributed by atoms with Crippen LogP contribution in [0, 0.1) is 0 Å². The van der Waals surface area contributed by atoms with Crippen LogP contribution >= 0.6 is 0 Å². The minimum atomic E-state index is -4.53. The Morgan fingerprint density at radius 1 is 1.19 bits per heavy atom. The van der Waals surface area contributed by atoms with Crippen LogP contribution in [0.1, 0.15) is 30.4 Å². The van der Waals surface area contributed by atoms with E-state index in [0.717, 1.165) is 6.07 Å². The van der Waals surface area contributed by atoms with E-state index in [1.165, 1.54) is 6.07 Å². The zero-order valence-corrected chi connectivity index (χ0v) is 11.0.